The summed E-state index contributed by atoms with van der Waals surface area (Å²) in [5, 5.41) is 8.93. The molecule has 1 atom stereocenters. The predicted molar refractivity (Wildman–Crippen MR) is 34.4 cm³/mol. The van der Waals surface area contributed by atoms with Crippen LogP contribution in [-0.2, 0) is 9.47 Å². The summed E-state index contributed by atoms with van der Waals surface area (Å²) in [6, 6.07) is 0. The summed E-state index contributed by atoms with van der Waals surface area (Å²) in [5.74, 6) is 0. The van der Waals surface area contributed by atoms with Gasteiger partial charge >= 0.3 is 0 Å². The third kappa shape index (κ3) is 5.76. The molecule has 0 saturated carbocycles. The fourth-order valence-corrected chi connectivity index (χ4v) is 0.494. The van der Waals surface area contributed by atoms with Gasteiger partial charge in [0.05, 0.1) is 13.2 Å². The van der Waals surface area contributed by atoms with Crippen molar-refractivity contribution in [2.24, 2.45) is 0 Å². The van der Waals surface area contributed by atoms with E-state index in [1.807, 2.05) is 6.92 Å². The van der Waals surface area contributed by atoms with Crippen LogP contribution in [0.25, 0.3) is 0 Å². The van der Waals surface area contributed by atoms with Gasteiger partial charge in [-0.1, -0.05) is 0 Å². The summed E-state index contributed by atoms with van der Waals surface area (Å²) in [7, 11) is 1.55. The lowest BCUT2D eigenvalue weighted by Crippen LogP contribution is -2.20. The van der Waals surface area contributed by atoms with Crippen LogP contribution in [-0.4, -0.2) is 38.1 Å². The highest BCUT2D eigenvalue weighted by atomic mass is 16.5. The Hall–Kier alpha value is -0.120. The second-order valence-corrected chi connectivity index (χ2v) is 1.77. The van der Waals surface area contributed by atoms with E-state index >= 15 is 0 Å². The van der Waals surface area contributed by atoms with Crippen LogP contribution in [0.5, 0.6) is 0 Å². The standard InChI is InChI=1S/C6H14O3/c1-3-9-5-6(7)4-8-2/h6-7H,3-5H2,1-2H3. The van der Waals surface area contributed by atoms with Gasteiger partial charge in [-0.2, -0.15) is 0 Å². The molecule has 1 N–H and O–H groups in total. The molecule has 0 aliphatic carbocycles. The van der Waals surface area contributed by atoms with E-state index in [9.17, 15) is 0 Å². The highest BCUT2D eigenvalue weighted by Gasteiger charge is 2.00. The largest absolute Gasteiger partial charge is 0.388 e. The molecule has 0 saturated heterocycles. The smallest absolute Gasteiger partial charge is 0.101 e. The number of hydrogen-bond acceptors (Lipinski definition) is 3. The first kappa shape index (κ1) is 8.88. The third-order valence-electron chi connectivity index (χ3n) is 0.873. The Morgan fingerprint density at radius 3 is 2.56 bits per heavy atom. The van der Waals surface area contributed by atoms with Gasteiger partial charge in [-0.25, -0.2) is 0 Å². The number of aliphatic hydroxyl groups excluding tert-OH is 1. The molecule has 0 bridgehead atoms. The number of methoxy groups -OCH3 is 1. The zero-order valence-electron chi connectivity index (χ0n) is 5.96. The molecular weight excluding hydrogens is 120 g/mol. The summed E-state index contributed by atoms with van der Waals surface area (Å²) in [6.45, 7) is 3.24. The van der Waals surface area contributed by atoms with E-state index in [0.717, 1.165) is 0 Å². The van der Waals surface area contributed by atoms with E-state index in [1.54, 1.807) is 7.11 Å². The maximum atomic E-state index is 8.93. The van der Waals surface area contributed by atoms with E-state index in [0.29, 0.717) is 19.8 Å². The second kappa shape index (κ2) is 6.01. The molecule has 0 aliphatic rings. The van der Waals surface area contributed by atoms with Crippen molar-refractivity contribution in [2.45, 2.75) is 13.0 Å². The molecule has 0 aliphatic heterocycles. The first-order valence-electron chi connectivity index (χ1n) is 3.06. The van der Waals surface area contributed by atoms with Crippen LogP contribution in [0.4, 0.5) is 0 Å². The molecule has 0 rings (SSSR count). The van der Waals surface area contributed by atoms with Crippen molar-refractivity contribution in [1.29, 1.82) is 0 Å². The lowest BCUT2D eigenvalue weighted by Gasteiger charge is -2.07. The average molecular weight is 134 g/mol. The van der Waals surface area contributed by atoms with Gasteiger partial charge in [0.25, 0.3) is 0 Å². The van der Waals surface area contributed by atoms with E-state index in [-0.39, 0.29) is 0 Å². The first-order valence-corrected chi connectivity index (χ1v) is 3.06. The predicted octanol–water partition coefficient (Wildman–Crippen LogP) is 0.0302. The van der Waals surface area contributed by atoms with Crippen molar-refractivity contribution in [3.8, 4) is 0 Å². The van der Waals surface area contributed by atoms with Gasteiger partial charge in [-0.3, -0.25) is 0 Å². The molecule has 3 nitrogen and oxygen atoms in total. The number of hydrogen-bond donors (Lipinski definition) is 1. The molecule has 0 heterocycles. The molecule has 9 heavy (non-hydrogen) atoms. The van der Waals surface area contributed by atoms with Crippen LogP contribution in [0.3, 0.4) is 0 Å². The highest BCUT2D eigenvalue weighted by Crippen LogP contribution is 1.84. The molecule has 0 amide bonds. The molecule has 1 unspecified atom stereocenters. The van der Waals surface area contributed by atoms with Crippen molar-refractivity contribution in [3.05, 3.63) is 0 Å². The fourth-order valence-electron chi connectivity index (χ4n) is 0.494. The fraction of sp³-hybridized carbons (Fsp3) is 1.00. The Bertz CT molecular complexity index is 56.3. The minimum Gasteiger partial charge on any atom is -0.388 e. The number of ether oxygens (including phenoxy) is 2. The molecular formula is C6H14O3. The average Bonchev–Trinajstić information content (AvgIpc) is 1.85. The van der Waals surface area contributed by atoms with Gasteiger partial charge in [-0.05, 0) is 6.92 Å². The summed E-state index contributed by atoms with van der Waals surface area (Å²) in [6.07, 6.45) is -0.477. The van der Waals surface area contributed by atoms with Crippen LogP contribution in [0.2, 0.25) is 0 Å². The topological polar surface area (TPSA) is 38.7 Å². The zero-order valence-corrected chi connectivity index (χ0v) is 5.96. The monoisotopic (exact) mass is 134 g/mol. The van der Waals surface area contributed by atoms with Crippen molar-refractivity contribution in [2.75, 3.05) is 26.9 Å². The summed E-state index contributed by atoms with van der Waals surface area (Å²) in [4.78, 5) is 0. The number of rotatable bonds is 5. The molecule has 0 aromatic carbocycles. The van der Waals surface area contributed by atoms with Crippen LogP contribution >= 0.6 is 0 Å². The zero-order chi connectivity index (χ0) is 7.11. The van der Waals surface area contributed by atoms with Crippen LogP contribution in [0, 0.1) is 0 Å². The van der Waals surface area contributed by atoms with Crippen molar-refractivity contribution in [1.82, 2.24) is 0 Å². The van der Waals surface area contributed by atoms with Gasteiger partial charge in [0.2, 0.25) is 0 Å². The van der Waals surface area contributed by atoms with Gasteiger partial charge in [0.1, 0.15) is 6.10 Å². The van der Waals surface area contributed by atoms with Gasteiger partial charge in [-0.15, -0.1) is 0 Å². The summed E-state index contributed by atoms with van der Waals surface area (Å²) >= 11 is 0. The van der Waals surface area contributed by atoms with Crippen LogP contribution in [0.15, 0.2) is 0 Å². The first-order chi connectivity index (χ1) is 4.31. The summed E-state index contributed by atoms with van der Waals surface area (Å²) < 4.78 is 9.59. The lowest BCUT2D eigenvalue weighted by atomic mass is 10.4. The minimum absolute atomic E-state index is 0.347. The summed E-state index contributed by atoms with van der Waals surface area (Å²) in [5.41, 5.74) is 0. The molecule has 0 aromatic rings. The van der Waals surface area contributed by atoms with Crippen LogP contribution < -0.4 is 0 Å². The maximum Gasteiger partial charge on any atom is 0.101 e. The molecule has 3 heteroatoms. The quantitative estimate of drug-likeness (QED) is 0.576. The Kier molecular flexibility index (Phi) is 5.93. The Balaban J connectivity index is 2.95. The van der Waals surface area contributed by atoms with Gasteiger partial charge < -0.3 is 14.6 Å². The molecule has 56 valence electrons. The van der Waals surface area contributed by atoms with Crippen LogP contribution in [0.1, 0.15) is 6.92 Å². The molecule has 0 radical (unpaired) electrons. The van der Waals surface area contributed by atoms with E-state index in [2.05, 4.69) is 4.74 Å². The van der Waals surface area contributed by atoms with Gasteiger partial charge in [0, 0.05) is 13.7 Å². The normalized spacial score (nSPS) is 13.7. The molecule has 0 fully saturated rings. The lowest BCUT2D eigenvalue weighted by molar-refractivity contribution is -0.00263. The van der Waals surface area contributed by atoms with Crippen molar-refractivity contribution in [3.63, 3.8) is 0 Å². The van der Waals surface area contributed by atoms with Crippen molar-refractivity contribution >= 4 is 0 Å². The van der Waals surface area contributed by atoms with Gasteiger partial charge in [0.15, 0.2) is 0 Å². The van der Waals surface area contributed by atoms with E-state index in [1.165, 1.54) is 0 Å². The SMILES string of the molecule is CCOCC(O)COC. The Morgan fingerprint density at radius 1 is 1.44 bits per heavy atom. The Labute approximate surface area is 55.6 Å². The third-order valence-corrected chi connectivity index (χ3v) is 0.873. The highest BCUT2D eigenvalue weighted by molar-refractivity contribution is 4.48. The van der Waals surface area contributed by atoms with E-state index in [4.69, 9.17) is 9.84 Å². The Morgan fingerprint density at radius 2 is 2.11 bits per heavy atom. The van der Waals surface area contributed by atoms with Crippen molar-refractivity contribution < 1.29 is 14.6 Å². The number of aliphatic hydroxyl groups is 1. The second-order valence-electron chi connectivity index (χ2n) is 1.77. The maximum absolute atomic E-state index is 8.93. The molecule has 0 spiro atoms. The van der Waals surface area contributed by atoms with E-state index < -0.39 is 6.10 Å². The minimum atomic E-state index is -0.477. The molecule has 0 aromatic heterocycles.